The van der Waals surface area contributed by atoms with Gasteiger partial charge in [-0.2, -0.15) is 0 Å². The average Bonchev–Trinajstić information content (AvgIpc) is 2.72. The van der Waals surface area contributed by atoms with Crippen molar-refractivity contribution >= 4 is 29.6 Å². The monoisotopic (exact) mass is 410 g/mol. The van der Waals surface area contributed by atoms with Gasteiger partial charge in [-0.1, -0.05) is 6.07 Å². The van der Waals surface area contributed by atoms with Gasteiger partial charge < -0.3 is 14.2 Å². The molecule has 1 aliphatic heterocycles. The van der Waals surface area contributed by atoms with Crippen LogP contribution in [-0.4, -0.2) is 38.2 Å². The maximum absolute atomic E-state index is 13.0. The van der Waals surface area contributed by atoms with Crippen LogP contribution in [0.3, 0.4) is 0 Å². The second kappa shape index (κ2) is 8.69. The Kier molecular flexibility index (Phi) is 6.06. The summed E-state index contributed by atoms with van der Waals surface area (Å²) in [5, 5.41) is 2.20. The van der Waals surface area contributed by atoms with Gasteiger partial charge in [0.25, 0.3) is 11.8 Å². The predicted octanol–water partition coefficient (Wildman–Crippen LogP) is 3.16. The Morgan fingerprint density at radius 1 is 0.933 bits per heavy atom. The van der Waals surface area contributed by atoms with Crippen LogP contribution in [0.2, 0.25) is 0 Å². The first-order valence-electron chi connectivity index (χ1n) is 9.24. The molecule has 0 atom stereocenters. The molecule has 0 saturated carbocycles. The lowest BCUT2D eigenvalue weighted by atomic mass is 10.1. The third kappa shape index (κ3) is 4.27. The van der Waals surface area contributed by atoms with Gasteiger partial charge in [0, 0.05) is 0 Å². The van der Waals surface area contributed by atoms with E-state index in [1.807, 2.05) is 13.8 Å². The van der Waals surface area contributed by atoms with Crippen LogP contribution in [0.4, 0.5) is 10.5 Å². The van der Waals surface area contributed by atoms with E-state index in [1.54, 1.807) is 42.5 Å². The molecule has 0 aliphatic carbocycles. The molecule has 0 radical (unpaired) electrons. The van der Waals surface area contributed by atoms with Crippen LogP contribution in [0.15, 0.2) is 48.0 Å². The number of nitrogens with zero attached hydrogens (tertiary/aromatic N) is 1. The number of nitrogens with one attached hydrogen (secondary N) is 1. The summed E-state index contributed by atoms with van der Waals surface area (Å²) in [6.45, 7) is 3.79. The van der Waals surface area contributed by atoms with Gasteiger partial charge in [-0.15, -0.1) is 0 Å². The molecule has 2 aromatic carbocycles. The summed E-state index contributed by atoms with van der Waals surface area (Å²) in [5.41, 5.74) is 0.686. The van der Waals surface area contributed by atoms with Gasteiger partial charge in [0.05, 0.1) is 26.0 Å². The largest absolute Gasteiger partial charge is 0.497 e. The number of ether oxygens (including phenoxy) is 3. The molecule has 0 unspecified atom stereocenters. The van der Waals surface area contributed by atoms with Crippen molar-refractivity contribution in [1.29, 1.82) is 0 Å². The number of imide groups is 2. The summed E-state index contributed by atoms with van der Waals surface area (Å²) in [5.74, 6) is 0.0896. The van der Waals surface area contributed by atoms with E-state index in [0.717, 1.165) is 4.90 Å². The van der Waals surface area contributed by atoms with Crippen molar-refractivity contribution in [3.8, 4) is 17.2 Å². The SMILES string of the molecule is COc1ccc(N2C(=O)NC(=O)/C(=C/c3ccc(OC(C)C)c(OC)c3)C2=O)cc1. The Labute approximate surface area is 174 Å². The van der Waals surface area contributed by atoms with E-state index >= 15 is 0 Å². The quantitative estimate of drug-likeness (QED) is 0.581. The number of carbonyl (C=O) groups is 3. The van der Waals surface area contributed by atoms with Gasteiger partial charge in [-0.25, -0.2) is 9.69 Å². The van der Waals surface area contributed by atoms with Crippen molar-refractivity contribution in [2.75, 3.05) is 19.1 Å². The van der Waals surface area contributed by atoms with Crippen molar-refractivity contribution < 1.29 is 28.6 Å². The Bertz CT molecular complexity index is 1010. The van der Waals surface area contributed by atoms with Crippen molar-refractivity contribution in [3.63, 3.8) is 0 Å². The molecule has 0 bridgehead atoms. The van der Waals surface area contributed by atoms with Crippen LogP contribution >= 0.6 is 0 Å². The molecule has 2 aromatic rings. The van der Waals surface area contributed by atoms with Gasteiger partial charge in [-0.05, 0) is 61.9 Å². The number of benzene rings is 2. The minimum absolute atomic E-state index is 0.0436. The first-order chi connectivity index (χ1) is 14.3. The van der Waals surface area contributed by atoms with E-state index in [-0.39, 0.29) is 11.7 Å². The lowest BCUT2D eigenvalue weighted by Gasteiger charge is -2.26. The fourth-order valence-electron chi connectivity index (χ4n) is 2.92. The van der Waals surface area contributed by atoms with Crippen LogP contribution in [0.5, 0.6) is 17.2 Å². The first-order valence-corrected chi connectivity index (χ1v) is 9.24. The summed E-state index contributed by atoms with van der Waals surface area (Å²) in [4.78, 5) is 38.5. The molecule has 1 N–H and O–H groups in total. The highest BCUT2D eigenvalue weighted by Gasteiger charge is 2.36. The molecule has 30 heavy (non-hydrogen) atoms. The summed E-state index contributed by atoms with van der Waals surface area (Å²) < 4.78 is 16.1. The second-order valence-corrected chi connectivity index (χ2v) is 6.73. The molecule has 1 fully saturated rings. The van der Waals surface area contributed by atoms with E-state index in [9.17, 15) is 14.4 Å². The second-order valence-electron chi connectivity index (χ2n) is 6.73. The summed E-state index contributed by atoms with van der Waals surface area (Å²) in [7, 11) is 3.01. The zero-order valence-electron chi connectivity index (χ0n) is 17.1. The van der Waals surface area contributed by atoms with E-state index in [1.165, 1.54) is 20.3 Å². The number of hydrogen-bond acceptors (Lipinski definition) is 6. The molecular formula is C22H22N2O6. The third-order valence-electron chi connectivity index (χ3n) is 4.29. The van der Waals surface area contributed by atoms with Crippen molar-refractivity contribution in [1.82, 2.24) is 5.32 Å². The van der Waals surface area contributed by atoms with Crippen LogP contribution in [-0.2, 0) is 9.59 Å². The maximum Gasteiger partial charge on any atom is 0.335 e. The summed E-state index contributed by atoms with van der Waals surface area (Å²) >= 11 is 0. The smallest absolute Gasteiger partial charge is 0.335 e. The molecular weight excluding hydrogens is 388 g/mol. The van der Waals surface area contributed by atoms with Crippen LogP contribution in [0, 0.1) is 0 Å². The number of amides is 4. The topological polar surface area (TPSA) is 94.2 Å². The van der Waals surface area contributed by atoms with Crippen molar-refractivity contribution in [2.45, 2.75) is 20.0 Å². The van der Waals surface area contributed by atoms with Crippen LogP contribution in [0.1, 0.15) is 19.4 Å². The number of barbiturate groups is 1. The zero-order valence-corrected chi connectivity index (χ0v) is 17.1. The minimum atomic E-state index is -0.814. The number of rotatable bonds is 6. The van der Waals surface area contributed by atoms with Gasteiger partial charge in [-0.3, -0.25) is 14.9 Å². The molecule has 1 heterocycles. The number of urea groups is 1. The molecule has 0 spiro atoms. The lowest BCUT2D eigenvalue weighted by molar-refractivity contribution is -0.122. The molecule has 8 heteroatoms. The number of anilines is 1. The van der Waals surface area contributed by atoms with E-state index in [0.29, 0.717) is 28.5 Å². The molecule has 1 saturated heterocycles. The van der Waals surface area contributed by atoms with E-state index < -0.39 is 17.8 Å². The average molecular weight is 410 g/mol. The first kappa shape index (κ1) is 20.9. The highest BCUT2D eigenvalue weighted by atomic mass is 16.5. The molecule has 1 aliphatic rings. The number of hydrogen-bond donors (Lipinski definition) is 1. The van der Waals surface area contributed by atoms with Crippen molar-refractivity contribution in [3.05, 3.63) is 53.6 Å². The maximum atomic E-state index is 13.0. The van der Waals surface area contributed by atoms with Crippen molar-refractivity contribution in [2.24, 2.45) is 0 Å². The number of methoxy groups -OCH3 is 2. The normalized spacial score (nSPS) is 15.4. The Balaban J connectivity index is 1.95. The number of carbonyl (C=O) groups excluding carboxylic acids is 3. The fourth-order valence-corrected chi connectivity index (χ4v) is 2.92. The van der Waals surface area contributed by atoms with E-state index in [2.05, 4.69) is 5.32 Å². The summed E-state index contributed by atoms with van der Waals surface area (Å²) in [6.07, 6.45) is 1.36. The molecule has 4 amide bonds. The van der Waals surface area contributed by atoms with Crippen LogP contribution < -0.4 is 24.4 Å². The van der Waals surface area contributed by atoms with Gasteiger partial charge >= 0.3 is 6.03 Å². The van der Waals surface area contributed by atoms with Gasteiger partial charge in [0.1, 0.15) is 11.3 Å². The molecule has 0 aromatic heterocycles. The van der Waals surface area contributed by atoms with Crippen LogP contribution in [0.25, 0.3) is 6.08 Å². The predicted molar refractivity (Wildman–Crippen MR) is 111 cm³/mol. The minimum Gasteiger partial charge on any atom is -0.497 e. The zero-order chi connectivity index (χ0) is 21.8. The standard InChI is InChI=1S/C22H22N2O6/c1-13(2)30-18-10-5-14(12-19(18)29-4)11-17-20(25)23-22(27)24(21(17)26)15-6-8-16(28-3)9-7-15/h5-13H,1-4H3,(H,23,25,27)/b17-11-. The Morgan fingerprint density at radius 2 is 1.63 bits per heavy atom. The third-order valence-corrected chi connectivity index (χ3v) is 4.29. The summed E-state index contributed by atoms with van der Waals surface area (Å²) in [6, 6.07) is 10.6. The molecule has 156 valence electrons. The lowest BCUT2D eigenvalue weighted by Crippen LogP contribution is -2.54. The fraction of sp³-hybridized carbons (Fsp3) is 0.227. The van der Waals surface area contributed by atoms with E-state index in [4.69, 9.17) is 14.2 Å². The highest BCUT2D eigenvalue weighted by molar-refractivity contribution is 6.39. The van der Waals surface area contributed by atoms with Gasteiger partial charge in [0.15, 0.2) is 11.5 Å². The highest BCUT2D eigenvalue weighted by Crippen LogP contribution is 2.30. The molecule has 8 nitrogen and oxygen atoms in total. The Hall–Kier alpha value is -3.81. The Morgan fingerprint density at radius 3 is 2.23 bits per heavy atom. The van der Waals surface area contributed by atoms with Gasteiger partial charge in [0.2, 0.25) is 0 Å². The molecule has 3 rings (SSSR count).